The molecule has 1 atom stereocenters. The van der Waals surface area contributed by atoms with Crippen molar-refractivity contribution < 1.29 is 37.3 Å². The van der Waals surface area contributed by atoms with Crippen molar-refractivity contribution in [2.45, 2.75) is 0 Å². The SMILES string of the molecule is [CH][PH](C)=O.[Y]. The third kappa shape index (κ3) is 33.3. The van der Waals surface area contributed by atoms with Gasteiger partial charge in [-0.3, -0.25) is 0 Å². The maximum atomic E-state index is 9.41. The molecule has 0 aromatic rings. The fourth-order valence-corrected chi connectivity index (χ4v) is 0. The van der Waals surface area contributed by atoms with Crippen LogP contribution in [0.15, 0.2) is 0 Å². The molecular formula is C2H5OPY. The molecule has 0 saturated heterocycles. The third-order valence-corrected chi connectivity index (χ3v) is 0. The molecule has 0 bridgehead atoms. The molecule has 0 aliphatic carbocycles. The van der Waals surface area contributed by atoms with E-state index in [1.165, 1.54) is 6.66 Å². The molecule has 0 saturated carbocycles. The average molecular weight is 165 g/mol. The van der Waals surface area contributed by atoms with Gasteiger partial charge in [0.25, 0.3) is 0 Å². The fraction of sp³-hybridized carbons (Fsp3) is 0.500. The van der Waals surface area contributed by atoms with Crippen molar-refractivity contribution in [3.05, 3.63) is 6.66 Å². The van der Waals surface area contributed by atoms with E-state index in [-0.39, 0.29) is 32.7 Å². The maximum absolute atomic E-state index is 9.41. The fourth-order valence-electron chi connectivity index (χ4n) is 0. The Morgan fingerprint density at radius 3 is 1.80 bits per heavy atom. The summed E-state index contributed by atoms with van der Waals surface area (Å²) >= 11 is 0. The first-order valence-corrected chi connectivity index (χ1v) is 2.98. The van der Waals surface area contributed by atoms with Gasteiger partial charge in [0.1, 0.15) is 0 Å². The number of hydrogen-bond acceptors (Lipinski definition) is 1. The first-order chi connectivity index (χ1) is 1.73. The van der Waals surface area contributed by atoms with E-state index in [1.807, 2.05) is 0 Å². The van der Waals surface area contributed by atoms with Crippen LogP contribution in [0.1, 0.15) is 0 Å². The van der Waals surface area contributed by atoms with Crippen molar-refractivity contribution in [2.75, 3.05) is 6.66 Å². The van der Waals surface area contributed by atoms with Gasteiger partial charge in [-0.2, -0.15) is 0 Å². The Balaban J connectivity index is 0. The number of hydrogen-bond donors (Lipinski definition) is 0. The van der Waals surface area contributed by atoms with Gasteiger partial charge in [0.15, 0.2) is 0 Å². The molecule has 0 aromatic heterocycles. The molecular weight excluding hydrogens is 160 g/mol. The Hall–Kier alpha value is 1.33. The second-order valence-corrected chi connectivity index (χ2v) is 1.83. The van der Waals surface area contributed by atoms with Gasteiger partial charge in [-0.05, 0) is 6.66 Å². The van der Waals surface area contributed by atoms with Crippen molar-refractivity contribution in [2.24, 2.45) is 0 Å². The van der Waals surface area contributed by atoms with Crippen LogP contribution in [0.2, 0.25) is 0 Å². The molecule has 1 unspecified atom stereocenters. The van der Waals surface area contributed by atoms with E-state index >= 15 is 0 Å². The van der Waals surface area contributed by atoms with Crippen molar-refractivity contribution in [3.63, 3.8) is 0 Å². The van der Waals surface area contributed by atoms with Gasteiger partial charge < -0.3 is 4.57 Å². The summed E-state index contributed by atoms with van der Waals surface area (Å²) < 4.78 is 9.41. The van der Waals surface area contributed by atoms with Crippen LogP contribution in [0.4, 0.5) is 0 Å². The second-order valence-electron chi connectivity index (χ2n) is 0.611. The average Bonchev–Trinajstić information content (AvgIpc) is 0.811. The summed E-state index contributed by atoms with van der Waals surface area (Å²) in [5.74, 6) is 0. The zero-order valence-electron chi connectivity index (χ0n) is 3.06. The van der Waals surface area contributed by atoms with Gasteiger partial charge >= 0.3 is 0 Å². The zero-order valence-corrected chi connectivity index (χ0v) is 6.90. The van der Waals surface area contributed by atoms with Gasteiger partial charge in [-0.1, -0.05) is 0 Å². The molecule has 3 radical (unpaired) electrons. The summed E-state index contributed by atoms with van der Waals surface area (Å²) in [5, 5.41) is 0. The van der Waals surface area contributed by atoms with Crippen molar-refractivity contribution in [1.29, 1.82) is 0 Å². The van der Waals surface area contributed by atoms with E-state index in [0.717, 1.165) is 0 Å². The van der Waals surface area contributed by atoms with Gasteiger partial charge in [-0.15, -0.1) is 0 Å². The summed E-state index contributed by atoms with van der Waals surface area (Å²) in [6.07, 6.45) is 0. The summed E-state index contributed by atoms with van der Waals surface area (Å²) in [6.45, 7) is 6.15. The van der Waals surface area contributed by atoms with Crippen LogP contribution in [-0.4, -0.2) is 6.66 Å². The largest absolute Gasteiger partial charge is 0.327 e. The Bertz CT molecular complexity index is 32.6. The molecule has 0 aliphatic rings. The molecule has 27 valence electrons. The van der Waals surface area contributed by atoms with E-state index in [9.17, 15) is 4.57 Å². The summed E-state index contributed by atoms with van der Waals surface area (Å²) in [6, 6.07) is 0. The van der Waals surface area contributed by atoms with E-state index in [1.54, 1.807) is 0 Å². The molecule has 1 nitrogen and oxygen atoms in total. The Morgan fingerprint density at radius 2 is 1.80 bits per heavy atom. The summed E-state index contributed by atoms with van der Waals surface area (Å²) in [5.41, 5.74) is 0. The van der Waals surface area contributed by atoms with Crippen LogP contribution < -0.4 is 0 Å². The molecule has 3 heteroatoms. The molecule has 0 rings (SSSR count). The molecule has 0 heterocycles. The summed E-state index contributed by atoms with van der Waals surface area (Å²) in [4.78, 5) is 0. The second kappa shape index (κ2) is 5.33. The molecule has 0 amide bonds. The quantitative estimate of drug-likeness (QED) is 0.486. The minimum Gasteiger partial charge on any atom is -0.327 e. The van der Waals surface area contributed by atoms with Crippen LogP contribution in [-0.2, 0) is 37.3 Å². The predicted molar refractivity (Wildman–Crippen MR) is 19.2 cm³/mol. The molecule has 5 heavy (non-hydrogen) atoms. The Kier molecular flexibility index (Phi) is 10.2. The van der Waals surface area contributed by atoms with E-state index in [0.29, 0.717) is 0 Å². The van der Waals surface area contributed by atoms with E-state index in [2.05, 4.69) is 6.66 Å². The van der Waals surface area contributed by atoms with Crippen molar-refractivity contribution in [3.8, 4) is 0 Å². The van der Waals surface area contributed by atoms with Gasteiger partial charge in [-0.25, -0.2) is 0 Å². The molecule has 0 N–H and O–H groups in total. The Labute approximate surface area is 58.2 Å². The number of rotatable bonds is 0. The molecule has 0 aromatic carbocycles. The first-order valence-electron chi connectivity index (χ1n) is 0.993. The summed E-state index contributed by atoms with van der Waals surface area (Å²) in [7, 11) is -1.63. The van der Waals surface area contributed by atoms with E-state index in [4.69, 9.17) is 0 Å². The minimum atomic E-state index is -1.63. The van der Waals surface area contributed by atoms with Crippen molar-refractivity contribution in [1.82, 2.24) is 0 Å². The monoisotopic (exact) mass is 165 g/mol. The smallest absolute Gasteiger partial charge is 0.0777 e. The standard InChI is InChI=1S/C2H5OP.Y/c1-4(2)3;/h1,4H,2H3;. The van der Waals surface area contributed by atoms with Crippen molar-refractivity contribution >= 4 is 7.80 Å². The van der Waals surface area contributed by atoms with Crippen LogP contribution in [0.25, 0.3) is 0 Å². The Morgan fingerprint density at radius 1 is 1.80 bits per heavy atom. The van der Waals surface area contributed by atoms with Crippen LogP contribution in [0.3, 0.4) is 0 Å². The molecule has 0 fully saturated rings. The normalized spacial score (nSPS) is 7.00. The van der Waals surface area contributed by atoms with Crippen LogP contribution >= 0.6 is 7.80 Å². The third-order valence-electron chi connectivity index (χ3n) is 0. The molecule has 0 aliphatic heterocycles. The predicted octanol–water partition coefficient (Wildman–Crippen LogP) is 0.842. The maximum Gasteiger partial charge on any atom is 0.0777 e. The van der Waals surface area contributed by atoms with Gasteiger partial charge in [0.2, 0.25) is 0 Å². The first kappa shape index (κ1) is 9.59. The zero-order chi connectivity index (χ0) is 3.58. The van der Waals surface area contributed by atoms with Crippen LogP contribution in [0, 0.1) is 6.66 Å². The van der Waals surface area contributed by atoms with Gasteiger partial charge in [0.05, 0.1) is 7.80 Å². The van der Waals surface area contributed by atoms with E-state index < -0.39 is 7.80 Å². The topological polar surface area (TPSA) is 17.1 Å². The van der Waals surface area contributed by atoms with Gasteiger partial charge in [0, 0.05) is 39.4 Å². The minimum absolute atomic E-state index is 0. The van der Waals surface area contributed by atoms with Crippen LogP contribution in [0.5, 0.6) is 0 Å². The molecule has 0 spiro atoms.